The van der Waals surface area contributed by atoms with Gasteiger partial charge in [-0.2, -0.15) is 0 Å². The lowest BCUT2D eigenvalue weighted by Crippen LogP contribution is -2.10. The molecule has 0 amide bonds. The summed E-state index contributed by atoms with van der Waals surface area (Å²) in [6.07, 6.45) is 5.34. The Kier molecular flexibility index (Phi) is 4.41. The smallest absolute Gasteiger partial charge is 0.170 e. The first-order valence-electron chi connectivity index (χ1n) is 5.65. The molecule has 0 radical (unpaired) electrons. The van der Waals surface area contributed by atoms with Gasteiger partial charge in [-0.1, -0.05) is 32.4 Å². The quantitative estimate of drug-likeness (QED) is 0.570. The maximum Gasteiger partial charge on any atom is 0.170 e. The van der Waals surface area contributed by atoms with E-state index in [1.165, 1.54) is 5.57 Å². The third-order valence-corrected chi connectivity index (χ3v) is 2.78. The van der Waals surface area contributed by atoms with Crippen molar-refractivity contribution in [2.45, 2.75) is 27.7 Å². The van der Waals surface area contributed by atoms with Gasteiger partial charge in [0.1, 0.15) is 0 Å². The molecule has 1 aromatic heterocycles. The Labute approximate surface area is 97.4 Å². The van der Waals surface area contributed by atoms with Crippen LogP contribution in [0.3, 0.4) is 0 Å². The fourth-order valence-corrected chi connectivity index (χ4v) is 1.43. The second kappa shape index (κ2) is 5.59. The van der Waals surface area contributed by atoms with E-state index in [0.717, 1.165) is 0 Å². The lowest BCUT2D eigenvalue weighted by molar-refractivity contribution is 0.0952. The van der Waals surface area contributed by atoms with Gasteiger partial charge in [0.15, 0.2) is 5.78 Å². The molecule has 0 aromatic carbocycles. The first-order chi connectivity index (χ1) is 7.52. The number of hydrogen-bond donors (Lipinski definition) is 0. The highest BCUT2D eigenvalue weighted by Gasteiger charge is 2.13. The predicted octanol–water partition coefficient (Wildman–Crippen LogP) is 3.50. The Bertz CT molecular complexity index is 379. The molecule has 1 aromatic rings. The molecule has 0 saturated carbocycles. The number of aromatic nitrogens is 1. The van der Waals surface area contributed by atoms with Crippen molar-refractivity contribution in [1.29, 1.82) is 0 Å². The SMILES string of the molecule is C/C(=C\[C@@H](C)C(=O)c1cccnc1)C(C)C. The van der Waals surface area contributed by atoms with Crippen molar-refractivity contribution in [3.63, 3.8) is 0 Å². The van der Waals surface area contributed by atoms with E-state index >= 15 is 0 Å². The molecule has 0 aliphatic carbocycles. The van der Waals surface area contributed by atoms with Crippen molar-refractivity contribution in [3.05, 3.63) is 41.7 Å². The van der Waals surface area contributed by atoms with Crippen LogP contribution in [0.4, 0.5) is 0 Å². The van der Waals surface area contributed by atoms with Crippen LogP contribution in [0.25, 0.3) is 0 Å². The number of pyridine rings is 1. The fraction of sp³-hybridized carbons (Fsp3) is 0.429. The summed E-state index contributed by atoms with van der Waals surface area (Å²) in [7, 11) is 0. The van der Waals surface area contributed by atoms with Crippen LogP contribution in [0.5, 0.6) is 0 Å². The highest BCUT2D eigenvalue weighted by Crippen LogP contribution is 2.15. The second-order valence-corrected chi connectivity index (χ2v) is 4.46. The molecule has 0 aliphatic rings. The molecule has 86 valence electrons. The predicted molar refractivity (Wildman–Crippen MR) is 66.3 cm³/mol. The van der Waals surface area contributed by atoms with Crippen LogP contribution in [0, 0.1) is 11.8 Å². The van der Waals surface area contributed by atoms with Crippen molar-refractivity contribution in [3.8, 4) is 0 Å². The van der Waals surface area contributed by atoms with Gasteiger partial charge in [0.25, 0.3) is 0 Å². The lowest BCUT2D eigenvalue weighted by Gasteiger charge is -2.10. The average Bonchev–Trinajstić information content (AvgIpc) is 2.28. The molecule has 16 heavy (non-hydrogen) atoms. The molecule has 0 spiro atoms. The highest BCUT2D eigenvalue weighted by molar-refractivity contribution is 5.98. The Morgan fingerprint density at radius 1 is 1.38 bits per heavy atom. The number of nitrogens with zero attached hydrogens (tertiary/aromatic N) is 1. The van der Waals surface area contributed by atoms with Gasteiger partial charge in [0, 0.05) is 23.9 Å². The Morgan fingerprint density at radius 3 is 2.56 bits per heavy atom. The Balaban J connectivity index is 2.80. The minimum atomic E-state index is -0.0772. The summed E-state index contributed by atoms with van der Waals surface area (Å²) in [6.45, 7) is 8.26. The van der Waals surface area contributed by atoms with E-state index in [4.69, 9.17) is 0 Å². The number of carbonyl (C=O) groups excluding carboxylic acids is 1. The molecular formula is C14H19NO. The van der Waals surface area contributed by atoms with Gasteiger partial charge in [-0.05, 0) is 25.0 Å². The zero-order valence-electron chi connectivity index (χ0n) is 10.4. The average molecular weight is 217 g/mol. The lowest BCUT2D eigenvalue weighted by atomic mass is 9.95. The highest BCUT2D eigenvalue weighted by atomic mass is 16.1. The number of Topliss-reactive ketones (excluding diaryl/α,β-unsaturated/α-hetero) is 1. The van der Waals surface area contributed by atoms with Crippen molar-refractivity contribution in [2.75, 3.05) is 0 Å². The zero-order chi connectivity index (χ0) is 12.1. The maximum atomic E-state index is 12.0. The van der Waals surface area contributed by atoms with Gasteiger partial charge in [0.05, 0.1) is 0 Å². The molecule has 2 heteroatoms. The van der Waals surface area contributed by atoms with Gasteiger partial charge < -0.3 is 0 Å². The summed E-state index contributed by atoms with van der Waals surface area (Å²) in [5.74, 6) is 0.545. The molecule has 1 heterocycles. The molecule has 0 fully saturated rings. The van der Waals surface area contributed by atoms with Crippen molar-refractivity contribution < 1.29 is 4.79 Å². The van der Waals surface area contributed by atoms with Crippen molar-refractivity contribution in [2.24, 2.45) is 11.8 Å². The van der Waals surface area contributed by atoms with E-state index in [-0.39, 0.29) is 11.7 Å². The largest absolute Gasteiger partial charge is 0.293 e. The topological polar surface area (TPSA) is 30.0 Å². The molecule has 0 N–H and O–H groups in total. The number of allylic oxidation sites excluding steroid dienone is 2. The zero-order valence-corrected chi connectivity index (χ0v) is 10.4. The van der Waals surface area contributed by atoms with E-state index in [0.29, 0.717) is 11.5 Å². The third kappa shape index (κ3) is 3.30. The van der Waals surface area contributed by atoms with Crippen LogP contribution in [0.1, 0.15) is 38.1 Å². The van der Waals surface area contributed by atoms with Crippen LogP contribution in [0.15, 0.2) is 36.2 Å². The Morgan fingerprint density at radius 2 is 2.06 bits per heavy atom. The number of ketones is 1. The fourth-order valence-electron chi connectivity index (χ4n) is 1.43. The van der Waals surface area contributed by atoms with Crippen LogP contribution >= 0.6 is 0 Å². The Hall–Kier alpha value is -1.44. The summed E-state index contributed by atoms with van der Waals surface area (Å²) in [4.78, 5) is 16.0. The van der Waals surface area contributed by atoms with Crippen LogP contribution in [-0.4, -0.2) is 10.8 Å². The summed E-state index contributed by atoms with van der Waals surface area (Å²) in [5.41, 5.74) is 1.94. The molecule has 2 nitrogen and oxygen atoms in total. The number of rotatable bonds is 4. The molecule has 1 atom stereocenters. The molecular weight excluding hydrogens is 198 g/mol. The molecule has 1 rings (SSSR count). The minimum Gasteiger partial charge on any atom is -0.293 e. The van der Waals surface area contributed by atoms with Gasteiger partial charge in [-0.25, -0.2) is 0 Å². The number of carbonyl (C=O) groups is 1. The van der Waals surface area contributed by atoms with E-state index in [1.807, 2.05) is 19.1 Å². The van der Waals surface area contributed by atoms with Gasteiger partial charge in [-0.3, -0.25) is 9.78 Å². The van der Waals surface area contributed by atoms with Crippen molar-refractivity contribution >= 4 is 5.78 Å². The normalized spacial score (nSPS) is 13.9. The first kappa shape index (κ1) is 12.6. The third-order valence-electron chi connectivity index (χ3n) is 2.78. The van der Waals surface area contributed by atoms with Crippen LogP contribution < -0.4 is 0 Å². The van der Waals surface area contributed by atoms with Gasteiger partial charge in [-0.15, -0.1) is 0 Å². The van der Waals surface area contributed by atoms with Crippen LogP contribution in [-0.2, 0) is 0 Å². The van der Waals surface area contributed by atoms with E-state index in [2.05, 4.69) is 25.8 Å². The standard InChI is InChI=1S/C14H19NO/c1-10(2)11(3)8-12(4)14(16)13-6-5-7-15-9-13/h5-10,12H,1-4H3/b11-8+/t12-/m1/s1. The van der Waals surface area contributed by atoms with E-state index < -0.39 is 0 Å². The monoisotopic (exact) mass is 217 g/mol. The van der Waals surface area contributed by atoms with E-state index in [1.54, 1.807) is 18.5 Å². The number of hydrogen-bond acceptors (Lipinski definition) is 2. The first-order valence-corrected chi connectivity index (χ1v) is 5.65. The van der Waals surface area contributed by atoms with E-state index in [9.17, 15) is 4.79 Å². The molecule has 0 unspecified atom stereocenters. The van der Waals surface area contributed by atoms with Gasteiger partial charge >= 0.3 is 0 Å². The molecule has 0 aliphatic heterocycles. The second-order valence-electron chi connectivity index (χ2n) is 4.46. The molecule has 0 bridgehead atoms. The maximum absolute atomic E-state index is 12.0. The summed E-state index contributed by atoms with van der Waals surface area (Å²) >= 11 is 0. The van der Waals surface area contributed by atoms with Gasteiger partial charge in [0.2, 0.25) is 0 Å². The van der Waals surface area contributed by atoms with Crippen molar-refractivity contribution in [1.82, 2.24) is 4.98 Å². The summed E-state index contributed by atoms with van der Waals surface area (Å²) in [6, 6.07) is 3.60. The summed E-state index contributed by atoms with van der Waals surface area (Å²) in [5, 5.41) is 0. The minimum absolute atomic E-state index is 0.0772. The molecule has 0 saturated heterocycles. The van der Waals surface area contributed by atoms with Crippen LogP contribution in [0.2, 0.25) is 0 Å². The summed E-state index contributed by atoms with van der Waals surface area (Å²) < 4.78 is 0.